The van der Waals surface area contributed by atoms with E-state index in [4.69, 9.17) is 0 Å². The maximum absolute atomic E-state index is 12.8. The quantitative estimate of drug-likeness (QED) is 0.792. The van der Waals surface area contributed by atoms with Crippen LogP contribution in [0.25, 0.3) is 0 Å². The number of hydrogen-bond donors (Lipinski definition) is 2. The van der Waals surface area contributed by atoms with Gasteiger partial charge in [-0.15, -0.1) is 0 Å². The first kappa shape index (κ1) is 20.1. The Morgan fingerprint density at radius 1 is 1.14 bits per heavy atom. The molecule has 2 heterocycles. The summed E-state index contributed by atoms with van der Waals surface area (Å²) in [5.41, 5.74) is 4.56. The fourth-order valence-electron chi connectivity index (χ4n) is 4.68. The second-order valence-electron chi connectivity index (χ2n) is 8.34. The molecule has 0 spiro atoms. The van der Waals surface area contributed by atoms with Crippen molar-refractivity contribution in [1.82, 2.24) is 15.1 Å². The number of carbonyl (C=O) groups excluding carboxylic acids is 1. The van der Waals surface area contributed by atoms with E-state index in [-0.39, 0.29) is 12.5 Å². The number of β-amino-alcohol motifs (C(OH)–C–C–N with tert-alkyl or cyclic N) is 1. The third-order valence-corrected chi connectivity index (χ3v) is 6.26. The molecule has 4 rings (SSSR count). The molecule has 2 atom stereocenters. The minimum Gasteiger partial charge on any atom is -0.390 e. The summed E-state index contributed by atoms with van der Waals surface area (Å²) in [6, 6.07) is 16.7. The number of aliphatic hydroxyl groups is 1. The molecule has 2 aliphatic rings. The fraction of sp³-hybridized carbons (Fsp3) is 0.458. The number of nitrogens with zero attached hydrogens (tertiary/aromatic N) is 2. The molecule has 0 bridgehead atoms. The van der Waals surface area contributed by atoms with Crippen LogP contribution in [0.5, 0.6) is 0 Å². The molecule has 5 heteroatoms. The van der Waals surface area contributed by atoms with Gasteiger partial charge in [-0.2, -0.15) is 0 Å². The highest BCUT2D eigenvalue weighted by Crippen LogP contribution is 2.32. The molecule has 0 saturated carbocycles. The molecule has 1 amide bonds. The minimum atomic E-state index is -0.578. The molecule has 5 nitrogen and oxygen atoms in total. The standard InChI is InChI=1S/C24H31N3O2/c1-26-13-6-11-23(26)21-9-4-5-10-22(21)24(29)25-15-20(28)17-27-14-12-18-7-2-3-8-19(18)16-27/h2-5,7-10,20,23,28H,6,11-17H2,1H3,(H,25,29). The van der Waals surface area contributed by atoms with Crippen molar-refractivity contribution in [3.63, 3.8) is 0 Å². The van der Waals surface area contributed by atoms with Crippen LogP contribution >= 0.6 is 0 Å². The SMILES string of the molecule is CN1CCCC1c1ccccc1C(=O)NCC(O)CN1CCc2ccccc2C1. The van der Waals surface area contributed by atoms with E-state index >= 15 is 0 Å². The third-order valence-electron chi connectivity index (χ3n) is 6.26. The summed E-state index contributed by atoms with van der Waals surface area (Å²) in [6.07, 6.45) is 2.68. The second-order valence-corrected chi connectivity index (χ2v) is 8.34. The summed E-state index contributed by atoms with van der Waals surface area (Å²) in [6.45, 7) is 3.71. The van der Waals surface area contributed by atoms with E-state index < -0.39 is 6.10 Å². The van der Waals surface area contributed by atoms with E-state index in [1.807, 2.05) is 18.2 Å². The van der Waals surface area contributed by atoms with Crippen LogP contribution in [0.4, 0.5) is 0 Å². The zero-order chi connectivity index (χ0) is 20.2. The van der Waals surface area contributed by atoms with Crippen molar-refractivity contribution in [2.45, 2.75) is 38.0 Å². The lowest BCUT2D eigenvalue weighted by Crippen LogP contribution is -2.42. The fourth-order valence-corrected chi connectivity index (χ4v) is 4.68. The van der Waals surface area contributed by atoms with Crippen LogP contribution in [0.2, 0.25) is 0 Å². The molecule has 1 saturated heterocycles. The summed E-state index contributed by atoms with van der Waals surface area (Å²) >= 11 is 0. The molecule has 0 aromatic heterocycles. The van der Waals surface area contributed by atoms with Crippen LogP contribution in [0, 0.1) is 0 Å². The van der Waals surface area contributed by atoms with Crippen molar-refractivity contribution in [2.24, 2.45) is 0 Å². The lowest BCUT2D eigenvalue weighted by atomic mass is 9.98. The Bertz CT molecular complexity index is 854. The number of amides is 1. The van der Waals surface area contributed by atoms with Gasteiger partial charge in [0.05, 0.1) is 6.10 Å². The number of carbonyl (C=O) groups is 1. The molecule has 0 radical (unpaired) electrons. The average Bonchev–Trinajstić information content (AvgIpc) is 3.17. The van der Waals surface area contributed by atoms with Gasteiger partial charge in [-0.25, -0.2) is 0 Å². The second kappa shape index (κ2) is 9.08. The molecule has 2 unspecified atom stereocenters. The average molecular weight is 394 g/mol. The Morgan fingerprint density at radius 3 is 2.69 bits per heavy atom. The number of likely N-dealkylation sites (tertiary alicyclic amines) is 1. The highest BCUT2D eigenvalue weighted by Gasteiger charge is 2.26. The summed E-state index contributed by atoms with van der Waals surface area (Å²) in [5, 5.41) is 13.5. The van der Waals surface area contributed by atoms with Crippen molar-refractivity contribution in [3.05, 3.63) is 70.8 Å². The van der Waals surface area contributed by atoms with Gasteiger partial charge >= 0.3 is 0 Å². The van der Waals surface area contributed by atoms with Crippen LogP contribution in [-0.2, 0) is 13.0 Å². The Hall–Kier alpha value is -2.21. The molecule has 2 aromatic rings. The van der Waals surface area contributed by atoms with Gasteiger partial charge in [0.2, 0.25) is 0 Å². The van der Waals surface area contributed by atoms with Crippen molar-refractivity contribution >= 4 is 5.91 Å². The molecule has 29 heavy (non-hydrogen) atoms. The van der Waals surface area contributed by atoms with Crippen LogP contribution in [0.3, 0.4) is 0 Å². The molecule has 0 aliphatic carbocycles. The van der Waals surface area contributed by atoms with E-state index in [9.17, 15) is 9.90 Å². The Labute approximate surface area is 173 Å². The maximum Gasteiger partial charge on any atom is 0.251 e. The lowest BCUT2D eigenvalue weighted by Gasteiger charge is -2.30. The van der Waals surface area contributed by atoms with E-state index in [2.05, 4.69) is 52.5 Å². The van der Waals surface area contributed by atoms with Crippen molar-refractivity contribution < 1.29 is 9.90 Å². The van der Waals surface area contributed by atoms with Gasteiger partial charge in [0, 0.05) is 37.8 Å². The van der Waals surface area contributed by atoms with Gasteiger partial charge in [-0.05, 0) is 55.6 Å². The number of benzene rings is 2. The minimum absolute atomic E-state index is 0.0936. The molecule has 2 aliphatic heterocycles. The summed E-state index contributed by atoms with van der Waals surface area (Å²) in [5.74, 6) is -0.0936. The van der Waals surface area contributed by atoms with Crippen molar-refractivity contribution in [2.75, 3.05) is 33.2 Å². The first-order valence-corrected chi connectivity index (χ1v) is 10.7. The van der Waals surface area contributed by atoms with Gasteiger partial charge < -0.3 is 10.4 Å². The predicted molar refractivity (Wildman–Crippen MR) is 115 cm³/mol. The Kier molecular flexibility index (Phi) is 6.28. The van der Waals surface area contributed by atoms with Crippen molar-refractivity contribution in [1.29, 1.82) is 0 Å². The topological polar surface area (TPSA) is 55.8 Å². The lowest BCUT2D eigenvalue weighted by molar-refractivity contribution is 0.0840. The van der Waals surface area contributed by atoms with Gasteiger partial charge in [-0.1, -0.05) is 42.5 Å². The van der Waals surface area contributed by atoms with E-state index in [1.54, 1.807) is 0 Å². The van der Waals surface area contributed by atoms with E-state index in [1.165, 1.54) is 11.1 Å². The zero-order valence-electron chi connectivity index (χ0n) is 17.2. The summed E-state index contributed by atoms with van der Waals surface area (Å²) in [4.78, 5) is 17.4. The zero-order valence-corrected chi connectivity index (χ0v) is 17.2. The molecule has 2 aromatic carbocycles. The normalized spacial score (nSPS) is 21.0. The van der Waals surface area contributed by atoms with Gasteiger partial charge in [-0.3, -0.25) is 14.6 Å². The summed E-state index contributed by atoms with van der Waals surface area (Å²) in [7, 11) is 2.12. The highest BCUT2D eigenvalue weighted by molar-refractivity contribution is 5.95. The molecule has 1 fully saturated rings. The van der Waals surface area contributed by atoms with Crippen LogP contribution < -0.4 is 5.32 Å². The monoisotopic (exact) mass is 393 g/mol. The maximum atomic E-state index is 12.8. The van der Waals surface area contributed by atoms with Crippen LogP contribution in [-0.4, -0.2) is 60.1 Å². The number of fused-ring (bicyclic) bond motifs is 1. The smallest absolute Gasteiger partial charge is 0.251 e. The highest BCUT2D eigenvalue weighted by atomic mass is 16.3. The predicted octanol–water partition coefficient (Wildman–Crippen LogP) is 2.60. The number of nitrogens with one attached hydrogen (secondary N) is 1. The Morgan fingerprint density at radius 2 is 1.90 bits per heavy atom. The van der Waals surface area contributed by atoms with Crippen LogP contribution in [0.1, 0.15) is 45.9 Å². The van der Waals surface area contributed by atoms with Gasteiger partial charge in [0.15, 0.2) is 0 Å². The van der Waals surface area contributed by atoms with E-state index in [0.717, 1.165) is 50.0 Å². The largest absolute Gasteiger partial charge is 0.390 e. The van der Waals surface area contributed by atoms with Gasteiger partial charge in [0.1, 0.15) is 0 Å². The molecule has 2 N–H and O–H groups in total. The van der Waals surface area contributed by atoms with Gasteiger partial charge in [0.25, 0.3) is 5.91 Å². The number of aliphatic hydroxyl groups excluding tert-OH is 1. The van der Waals surface area contributed by atoms with E-state index in [0.29, 0.717) is 12.6 Å². The van der Waals surface area contributed by atoms with Crippen LogP contribution in [0.15, 0.2) is 48.5 Å². The molecule has 154 valence electrons. The Balaban J connectivity index is 1.32. The van der Waals surface area contributed by atoms with Crippen molar-refractivity contribution in [3.8, 4) is 0 Å². The number of hydrogen-bond acceptors (Lipinski definition) is 4. The third kappa shape index (κ3) is 4.69. The molecular weight excluding hydrogens is 362 g/mol. The molecular formula is C24H31N3O2. The summed E-state index contributed by atoms with van der Waals surface area (Å²) < 4.78 is 0. The number of rotatable bonds is 6. The first-order valence-electron chi connectivity index (χ1n) is 10.7. The first-order chi connectivity index (χ1) is 14.1.